The molecule has 1 aliphatic rings. The molecule has 0 spiro atoms. The maximum atomic E-state index is 10.9. The van der Waals surface area contributed by atoms with Crippen LogP contribution in [-0.2, 0) is 4.79 Å². The van der Waals surface area contributed by atoms with E-state index in [1.165, 1.54) is 11.3 Å². The molecule has 0 aliphatic carbocycles. The van der Waals surface area contributed by atoms with E-state index >= 15 is 0 Å². The number of Topliss-reactive ketones (excluding diaryl/α,β-unsaturated/α-hetero) is 1. The number of nitrogens with one attached hydrogen (secondary N) is 1. The Balaban J connectivity index is 2.07. The lowest BCUT2D eigenvalue weighted by Crippen LogP contribution is -2.04. The fraction of sp³-hybridized carbons (Fsp3) is 0.417. The van der Waals surface area contributed by atoms with Gasteiger partial charge in [0.2, 0.25) is 0 Å². The van der Waals surface area contributed by atoms with Crippen LogP contribution in [0.4, 0.5) is 5.69 Å². The largest absolute Gasteiger partial charge is 0.384 e. The summed E-state index contributed by atoms with van der Waals surface area (Å²) in [6.45, 7) is 2.64. The molecule has 0 saturated carbocycles. The van der Waals surface area contributed by atoms with Crippen molar-refractivity contribution in [3.05, 3.63) is 29.8 Å². The maximum Gasteiger partial charge on any atom is 0.129 e. The van der Waals surface area contributed by atoms with E-state index < -0.39 is 0 Å². The van der Waals surface area contributed by atoms with Gasteiger partial charge in [0.05, 0.1) is 0 Å². The molecule has 0 fully saturated rings. The van der Waals surface area contributed by atoms with Crippen LogP contribution in [0.3, 0.4) is 0 Å². The van der Waals surface area contributed by atoms with E-state index in [1.54, 1.807) is 6.92 Å². The third-order valence-corrected chi connectivity index (χ3v) is 2.78. The molecule has 0 saturated heterocycles. The van der Waals surface area contributed by atoms with Gasteiger partial charge in [-0.05, 0) is 25.0 Å². The Kier molecular flexibility index (Phi) is 2.53. The van der Waals surface area contributed by atoms with Crippen LogP contribution >= 0.6 is 0 Å². The molecule has 1 atom stereocenters. The molecule has 2 heteroatoms. The van der Waals surface area contributed by atoms with Gasteiger partial charge in [-0.3, -0.25) is 0 Å². The number of para-hydroxylation sites is 1. The van der Waals surface area contributed by atoms with Gasteiger partial charge in [-0.1, -0.05) is 18.2 Å². The summed E-state index contributed by atoms with van der Waals surface area (Å²) in [7, 11) is 0. The summed E-state index contributed by atoms with van der Waals surface area (Å²) >= 11 is 0. The summed E-state index contributed by atoms with van der Waals surface area (Å²) in [5, 5.41) is 3.36. The predicted octanol–water partition coefficient (Wildman–Crippen LogP) is 2.56. The quantitative estimate of drug-likeness (QED) is 0.791. The van der Waals surface area contributed by atoms with Crippen molar-refractivity contribution < 1.29 is 4.79 Å². The van der Waals surface area contributed by atoms with Crippen LogP contribution in [0.25, 0.3) is 0 Å². The van der Waals surface area contributed by atoms with E-state index in [9.17, 15) is 4.79 Å². The fourth-order valence-corrected chi connectivity index (χ4v) is 1.99. The van der Waals surface area contributed by atoms with Gasteiger partial charge >= 0.3 is 0 Å². The molecule has 14 heavy (non-hydrogen) atoms. The van der Waals surface area contributed by atoms with Gasteiger partial charge in [0.1, 0.15) is 5.78 Å². The van der Waals surface area contributed by atoms with Gasteiger partial charge < -0.3 is 10.1 Å². The molecule has 1 aromatic rings. The second-order valence-corrected chi connectivity index (χ2v) is 3.91. The van der Waals surface area contributed by atoms with Crippen molar-refractivity contribution in [2.45, 2.75) is 25.7 Å². The van der Waals surface area contributed by atoms with Crippen molar-refractivity contribution in [3.8, 4) is 0 Å². The van der Waals surface area contributed by atoms with Gasteiger partial charge in [0.15, 0.2) is 0 Å². The number of hydrogen-bond donors (Lipinski definition) is 1. The monoisotopic (exact) mass is 189 g/mol. The van der Waals surface area contributed by atoms with Crippen molar-refractivity contribution in [2.24, 2.45) is 0 Å². The van der Waals surface area contributed by atoms with Crippen molar-refractivity contribution in [1.82, 2.24) is 0 Å². The summed E-state index contributed by atoms with van der Waals surface area (Å²) in [5.74, 6) is 0.810. The zero-order chi connectivity index (χ0) is 9.97. The highest BCUT2D eigenvalue weighted by molar-refractivity contribution is 5.75. The number of fused-ring (bicyclic) bond motifs is 1. The smallest absolute Gasteiger partial charge is 0.129 e. The number of ketones is 1. The highest BCUT2D eigenvalue weighted by atomic mass is 16.1. The van der Waals surface area contributed by atoms with E-state index in [-0.39, 0.29) is 5.78 Å². The normalized spacial score (nSPS) is 18.8. The number of rotatable bonds is 3. The van der Waals surface area contributed by atoms with Crippen LogP contribution in [0.2, 0.25) is 0 Å². The number of carbonyl (C=O) groups excluding carboxylic acids is 1. The standard InChI is InChI=1S/C12H15NO/c1-9(14)6-7-10-8-13-12-5-3-2-4-11(10)12/h2-5,10,13H,6-8H2,1H3. The lowest BCUT2D eigenvalue weighted by Gasteiger charge is -2.07. The second-order valence-electron chi connectivity index (χ2n) is 3.91. The third-order valence-electron chi connectivity index (χ3n) is 2.78. The highest BCUT2D eigenvalue weighted by Crippen LogP contribution is 2.33. The number of hydrogen-bond acceptors (Lipinski definition) is 2. The number of anilines is 1. The Labute approximate surface area is 84.3 Å². The van der Waals surface area contributed by atoms with Crippen LogP contribution in [0, 0.1) is 0 Å². The minimum Gasteiger partial charge on any atom is -0.384 e. The molecule has 0 aromatic heterocycles. The Bertz CT molecular complexity index is 346. The summed E-state index contributed by atoms with van der Waals surface area (Å²) < 4.78 is 0. The van der Waals surface area contributed by atoms with Crippen molar-refractivity contribution in [3.63, 3.8) is 0 Å². The number of carbonyl (C=O) groups is 1. The van der Waals surface area contributed by atoms with E-state index in [4.69, 9.17) is 0 Å². The summed E-state index contributed by atoms with van der Waals surface area (Å²) in [6, 6.07) is 8.36. The molecule has 0 radical (unpaired) electrons. The molecule has 2 rings (SSSR count). The molecule has 0 bridgehead atoms. The second kappa shape index (κ2) is 3.82. The lowest BCUT2D eigenvalue weighted by molar-refractivity contribution is -0.117. The van der Waals surface area contributed by atoms with Gasteiger partial charge in [-0.15, -0.1) is 0 Å². The summed E-state index contributed by atoms with van der Waals surface area (Å²) in [6.07, 6.45) is 1.67. The summed E-state index contributed by atoms with van der Waals surface area (Å²) in [4.78, 5) is 10.9. The minimum absolute atomic E-state index is 0.286. The van der Waals surface area contributed by atoms with Gasteiger partial charge in [0, 0.05) is 24.6 Å². The summed E-state index contributed by atoms with van der Waals surface area (Å²) in [5.41, 5.74) is 2.61. The molecule has 74 valence electrons. The van der Waals surface area contributed by atoms with Gasteiger partial charge in [0.25, 0.3) is 0 Å². The van der Waals surface area contributed by atoms with Crippen molar-refractivity contribution >= 4 is 11.5 Å². The molecular formula is C12H15NO. The average Bonchev–Trinajstić information content (AvgIpc) is 2.58. The van der Waals surface area contributed by atoms with E-state index in [1.807, 2.05) is 6.07 Å². The van der Waals surface area contributed by atoms with Crippen LogP contribution in [0.1, 0.15) is 31.2 Å². The van der Waals surface area contributed by atoms with Gasteiger partial charge in [-0.25, -0.2) is 0 Å². The molecule has 2 nitrogen and oxygen atoms in total. The number of benzene rings is 1. The maximum absolute atomic E-state index is 10.9. The van der Waals surface area contributed by atoms with E-state index in [0.717, 1.165) is 13.0 Å². The highest BCUT2D eigenvalue weighted by Gasteiger charge is 2.21. The molecule has 1 aromatic carbocycles. The molecule has 1 N–H and O–H groups in total. The van der Waals surface area contributed by atoms with Crippen LogP contribution in [0.15, 0.2) is 24.3 Å². The van der Waals surface area contributed by atoms with Crippen LogP contribution in [-0.4, -0.2) is 12.3 Å². The molecule has 1 unspecified atom stereocenters. The molecule has 1 aliphatic heterocycles. The van der Waals surface area contributed by atoms with Crippen LogP contribution in [0.5, 0.6) is 0 Å². The SMILES string of the molecule is CC(=O)CCC1CNc2ccccc21. The van der Waals surface area contributed by atoms with E-state index in [2.05, 4.69) is 23.5 Å². The zero-order valence-electron chi connectivity index (χ0n) is 8.42. The van der Waals surface area contributed by atoms with Crippen LogP contribution < -0.4 is 5.32 Å². The molecule has 0 amide bonds. The topological polar surface area (TPSA) is 29.1 Å². The first kappa shape index (κ1) is 9.25. The Morgan fingerprint density at radius 2 is 2.29 bits per heavy atom. The van der Waals surface area contributed by atoms with E-state index in [0.29, 0.717) is 12.3 Å². The zero-order valence-corrected chi connectivity index (χ0v) is 8.42. The molecular weight excluding hydrogens is 174 g/mol. The van der Waals surface area contributed by atoms with Gasteiger partial charge in [-0.2, -0.15) is 0 Å². The Morgan fingerprint density at radius 1 is 1.50 bits per heavy atom. The first-order chi connectivity index (χ1) is 6.77. The molecule has 1 heterocycles. The first-order valence-corrected chi connectivity index (χ1v) is 5.09. The third kappa shape index (κ3) is 1.79. The Morgan fingerprint density at radius 3 is 3.07 bits per heavy atom. The van der Waals surface area contributed by atoms with Crippen molar-refractivity contribution in [1.29, 1.82) is 0 Å². The minimum atomic E-state index is 0.286. The predicted molar refractivity (Wildman–Crippen MR) is 57.6 cm³/mol. The Hall–Kier alpha value is -1.31. The van der Waals surface area contributed by atoms with Crippen molar-refractivity contribution in [2.75, 3.05) is 11.9 Å². The first-order valence-electron chi connectivity index (χ1n) is 5.09. The average molecular weight is 189 g/mol. The fourth-order valence-electron chi connectivity index (χ4n) is 1.99. The lowest BCUT2D eigenvalue weighted by atomic mass is 9.95.